The van der Waals surface area contributed by atoms with Gasteiger partial charge in [-0.1, -0.05) is 20.8 Å². The molecule has 2 aromatic rings. The minimum absolute atomic E-state index is 0.00830. The van der Waals surface area contributed by atoms with Gasteiger partial charge in [0.2, 0.25) is 5.91 Å². The quantitative estimate of drug-likeness (QED) is 0.819. The lowest BCUT2D eigenvalue weighted by atomic mass is 9.92. The molecule has 4 heteroatoms. The largest absolute Gasteiger partial charge is 0.366 e. The Hall–Kier alpha value is -2.23. The third-order valence-electron chi connectivity index (χ3n) is 4.99. The molecule has 0 radical (unpaired) electrons. The van der Waals surface area contributed by atoms with Crippen LogP contribution in [0.1, 0.15) is 56.0 Å². The van der Waals surface area contributed by atoms with E-state index in [-0.39, 0.29) is 11.3 Å². The Labute approximate surface area is 157 Å². The number of nitrogens with one attached hydrogen (secondary N) is 2. The van der Waals surface area contributed by atoms with E-state index in [4.69, 9.17) is 0 Å². The number of aryl methyl sites for hydroxylation is 3. The number of benzene rings is 1. The zero-order chi connectivity index (χ0) is 18.9. The lowest BCUT2D eigenvalue weighted by molar-refractivity contribution is -0.117. The zero-order valence-electron chi connectivity index (χ0n) is 16.7. The van der Waals surface area contributed by atoms with Gasteiger partial charge in [0.15, 0.2) is 0 Å². The highest BCUT2D eigenvalue weighted by Crippen LogP contribution is 2.30. The average molecular weight is 354 g/mol. The average Bonchev–Trinajstić information content (AvgIpc) is 2.86. The normalized spacial score (nSPS) is 14.7. The van der Waals surface area contributed by atoms with Crippen molar-refractivity contribution in [3.05, 3.63) is 46.8 Å². The first-order chi connectivity index (χ1) is 12.2. The summed E-state index contributed by atoms with van der Waals surface area (Å²) in [5, 5.41) is 3.13. The van der Waals surface area contributed by atoms with Crippen LogP contribution < -0.4 is 10.2 Å². The molecular weight excluding hydrogens is 322 g/mol. The van der Waals surface area contributed by atoms with Crippen LogP contribution in [0.3, 0.4) is 0 Å². The van der Waals surface area contributed by atoms with Gasteiger partial charge in [-0.2, -0.15) is 0 Å². The third kappa shape index (κ3) is 4.29. The summed E-state index contributed by atoms with van der Waals surface area (Å²) in [6.45, 7) is 12.4. The minimum atomic E-state index is -0.00830. The maximum absolute atomic E-state index is 12.3. The van der Waals surface area contributed by atoms with Crippen LogP contribution in [0.25, 0.3) is 0 Å². The smallest absolute Gasteiger partial charge is 0.224 e. The topological polar surface area (TPSA) is 48.1 Å². The molecule has 0 atom stereocenters. The summed E-state index contributed by atoms with van der Waals surface area (Å²) in [7, 11) is 0. The molecule has 1 aromatic carbocycles. The van der Waals surface area contributed by atoms with Crippen molar-refractivity contribution in [3.63, 3.8) is 0 Å². The van der Waals surface area contributed by atoms with Gasteiger partial charge in [-0.05, 0) is 67.0 Å². The molecule has 1 aliphatic heterocycles. The number of aromatic amines is 1. The van der Waals surface area contributed by atoms with E-state index in [1.807, 2.05) is 6.20 Å². The van der Waals surface area contributed by atoms with Crippen molar-refractivity contribution < 1.29 is 4.79 Å². The van der Waals surface area contributed by atoms with E-state index in [0.717, 1.165) is 42.7 Å². The summed E-state index contributed by atoms with van der Waals surface area (Å²) in [4.78, 5) is 18.2. The molecular formula is C22H31N3O. The maximum atomic E-state index is 12.3. The number of hydrogen-bond donors (Lipinski definition) is 2. The number of aromatic nitrogens is 1. The van der Waals surface area contributed by atoms with Gasteiger partial charge < -0.3 is 15.2 Å². The van der Waals surface area contributed by atoms with E-state index in [0.29, 0.717) is 6.42 Å². The number of amides is 1. The zero-order valence-corrected chi connectivity index (χ0v) is 16.7. The highest BCUT2D eigenvalue weighted by Gasteiger charge is 2.19. The van der Waals surface area contributed by atoms with Gasteiger partial charge in [-0.3, -0.25) is 4.79 Å². The monoisotopic (exact) mass is 353 g/mol. The Morgan fingerprint density at radius 2 is 1.92 bits per heavy atom. The number of anilines is 2. The molecule has 1 aliphatic rings. The van der Waals surface area contributed by atoms with Crippen LogP contribution in [0.2, 0.25) is 0 Å². The summed E-state index contributed by atoms with van der Waals surface area (Å²) in [5.74, 6) is 0.0854. The number of hydrogen-bond acceptors (Lipinski definition) is 2. The Kier molecular flexibility index (Phi) is 5.12. The second kappa shape index (κ2) is 7.18. The van der Waals surface area contributed by atoms with Gasteiger partial charge >= 0.3 is 0 Å². The molecule has 0 spiro atoms. The molecule has 3 rings (SSSR count). The first-order valence-corrected chi connectivity index (χ1v) is 9.54. The molecule has 0 aliphatic carbocycles. The molecule has 4 nitrogen and oxygen atoms in total. The van der Waals surface area contributed by atoms with Gasteiger partial charge in [-0.15, -0.1) is 0 Å². The highest BCUT2D eigenvalue weighted by molar-refractivity contribution is 5.93. The molecule has 2 heterocycles. The van der Waals surface area contributed by atoms with Crippen LogP contribution in [-0.2, 0) is 17.8 Å². The Morgan fingerprint density at radius 3 is 2.58 bits per heavy atom. The van der Waals surface area contributed by atoms with Crippen LogP contribution in [0.5, 0.6) is 0 Å². The molecule has 140 valence electrons. The van der Waals surface area contributed by atoms with Crippen molar-refractivity contribution in [2.45, 2.75) is 60.4 Å². The fourth-order valence-corrected chi connectivity index (χ4v) is 3.75. The number of rotatable bonds is 3. The van der Waals surface area contributed by atoms with Gasteiger partial charge in [0.05, 0.1) is 6.54 Å². The Balaban J connectivity index is 1.80. The summed E-state index contributed by atoms with van der Waals surface area (Å²) >= 11 is 0. The predicted molar refractivity (Wildman–Crippen MR) is 109 cm³/mol. The van der Waals surface area contributed by atoms with E-state index in [1.54, 1.807) is 0 Å². The standard InChI is InChI=1S/C22H31N3O/c1-15-11-18(25-10-6-7-17-8-9-23-19(17)14-25)12-16(2)21(15)24-20(26)13-22(3,4)5/h8-9,11-12,23H,6-7,10,13-14H2,1-5H3,(H,24,26). The van der Waals surface area contributed by atoms with Crippen LogP contribution in [0.4, 0.5) is 11.4 Å². The molecule has 0 bridgehead atoms. The molecule has 0 fully saturated rings. The second-order valence-electron chi connectivity index (χ2n) is 8.75. The Morgan fingerprint density at radius 1 is 1.23 bits per heavy atom. The molecule has 2 N–H and O–H groups in total. The number of carbonyl (C=O) groups is 1. The maximum Gasteiger partial charge on any atom is 0.224 e. The number of carbonyl (C=O) groups excluding carboxylic acids is 1. The van der Waals surface area contributed by atoms with Gasteiger partial charge in [0.25, 0.3) is 0 Å². The van der Waals surface area contributed by atoms with Crippen LogP contribution in [0.15, 0.2) is 24.4 Å². The number of H-pyrrole nitrogens is 1. The molecule has 26 heavy (non-hydrogen) atoms. The molecule has 0 saturated carbocycles. The van der Waals surface area contributed by atoms with Crippen molar-refractivity contribution in [1.29, 1.82) is 0 Å². The minimum Gasteiger partial charge on any atom is -0.366 e. The van der Waals surface area contributed by atoms with Gasteiger partial charge in [0, 0.05) is 36.2 Å². The van der Waals surface area contributed by atoms with E-state index in [2.05, 4.69) is 68.0 Å². The lowest BCUT2D eigenvalue weighted by Gasteiger charge is -2.25. The van der Waals surface area contributed by atoms with E-state index in [1.165, 1.54) is 16.9 Å². The van der Waals surface area contributed by atoms with Gasteiger partial charge in [-0.25, -0.2) is 0 Å². The molecule has 0 saturated heterocycles. The van der Waals surface area contributed by atoms with E-state index < -0.39 is 0 Å². The Bertz CT molecular complexity index is 775. The number of nitrogens with zero attached hydrogens (tertiary/aromatic N) is 1. The van der Waals surface area contributed by atoms with E-state index in [9.17, 15) is 4.79 Å². The second-order valence-corrected chi connectivity index (χ2v) is 8.75. The molecule has 0 unspecified atom stereocenters. The SMILES string of the molecule is Cc1cc(N2CCCc3cc[nH]c3C2)cc(C)c1NC(=O)CC(C)(C)C. The predicted octanol–water partition coefficient (Wildman–Crippen LogP) is 4.96. The van der Waals surface area contributed by atoms with Gasteiger partial charge in [0.1, 0.15) is 0 Å². The summed E-state index contributed by atoms with van der Waals surface area (Å²) < 4.78 is 0. The molecule has 1 amide bonds. The summed E-state index contributed by atoms with van der Waals surface area (Å²) in [6.07, 6.45) is 4.86. The van der Waals surface area contributed by atoms with Crippen LogP contribution in [-0.4, -0.2) is 17.4 Å². The molecule has 1 aromatic heterocycles. The summed E-state index contributed by atoms with van der Waals surface area (Å²) in [5.41, 5.74) is 7.18. The first kappa shape index (κ1) is 18.6. The van der Waals surface area contributed by atoms with Crippen molar-refractivity contribution in [3.8, 4) is 0 Å². The highest BCUT2D eigenvalue weighted by atomic mass is 16.1. The third-order valence-corrected chi connectivity index (χ3v) is 4.99. The van der Waals surface area contributed by atoms with Crippen molar-refractivity contribution in [1.82, 2.24) is 4.98 Å². The first-order valence-electron chi connectivity index (χ1n) is 9.54. The van der Waals surface area contributed by atoms with Crippen molar-refractivity contribution in [2.24, 2.45) is 5.41 Å². The van der Waals surface area contributed by atoms with Crippen LogP contribution >= 0.6 is 0 Å². The number of fused-ring (bicyclic) bond motifs is 1. The van der Waals surface area contributed by atoms with E-state index >= 15 is 0 Å². The van der Waals surface area contributed by atoms with Crippen LogP contribution in [0, 0.1) is 19.3 Å². The fourth-order valence-electron chi connectivity index (χ4n) is 3.75. The van der Waals surface area contributed by atoms with Crippen molar-refractivity contribution >= 4 is 17.3 Å². The van der Waals surface area contributed by atoms with Crippen molar-refractivity contribution in [2.75, 3.05) is 16.8 Å². The fraction of sp³-hybridized carbons (Fsp3) is 0.500. The summed E-state index contributed by atoms with van der Waals surface area (Å²) in [6, 6.07) is 6.60. The lowest BCUT2D eigenvalue weighted by Crippen LogP contribution is -2.24.